The Hall–Kier alpha value is -2.56. The van der Waals surface area contributed by atoms with Crippen LogP contribution in [0.2, 0.25) is 5.02 Å². The molecule has 1 N–H and O–H groups in total. The molecule has 4 rings (SSSR count). The molecule has 3 heterocycles. The SMILES string of the molecule is O=C(CSc1nnc(N2CCN(C(=O)c3ccccc3Cl)CC2)s1)NCc1ccco1. The van der Waals surface area contributed by atoms with Crippen LogP contribution in [0.25, 0.3) is 0 Å². The van der Waals surface area contributed by atoms with Gasteiger partial charge >= 0.3 is 0 Å². The van der Waals surface area contributed by atoms with E-state index in [1.54, 1.807) is 29.4 Å². The molecule has 0 spiro atoms. The number of thioether (sulfide) groups is 1. The second-order valence-electron chi connectivity index (χ2n) is 6.75. The Balaban J connectivity index is 1.24. The van der Waals surface area contributed by atoms with E-state index in [4.69, 9.17) is 16.0 Å². The van der Waals surface area contributed by atoms with E-state index in [1.165, 1.54) is 23.1 Å². The van der Waals surface area contributed by atoms with Gasteiger partial charge in [-0.1, -0.05) is 46.8 Å². The molecule has 1 fully saturated rings. The molecule has 11 heteroatoms. The molecular formula is C20H20ClN5O3S2. The lowest BCUT2D eigenvalue weighted by molar-refractivity contribution is -0.118. The van der Waals surface area contributed by atoms with E-state index in [2.05, 4.69) is 20.4 Å². The van der Waals surface area contributed by atoms with Crippen molar-refractivity contribution in [2.75, 3.05) is 36.8 Å². The summed E-state index contributed by atoms with van der Waals surface area (Å²) in [4.78, 5) is 28.6. The lowest BCUT2D eigenvalue weighted by Crippen LogP contribution is -2.48. The number of aromatic nitrogens is 2. The average molecular weight is 478 g/mol. The number of nitrogens with one attached hydrogen (secondary N) is 1. The van der Waals surface area contributed by atoms with Crippen LogP contribution >= 0.6 is 34.7 Å². The van der Waals surface area contributed by atoms with E-state index in [-0.39, 0.29) is 17.6 Å². The van der Waals surface area contributed by atoms with Crippen molar-refractivity contribution in [3.05, 3.63) is 59.0 Å². The van der Waals surface area contributed by atoms with Crippen molar-refractivity contribution in [2.45, 2.75) is 10.9 Å². The maximum Gasteiger partial charge on any atom is 0.255 e. The molecule has 0 unspecified atom stereocenters. The first-order chi connectivity index (χ1) is 15.1. The van der Waals surface area contributed by atoms with Gasteiger partial charge in [0.05, 0.1) is 29.1 Å². The van der Waals surface area contributed by atoms with Crippen LogP contribution in [-0.2, 0) is 11.3 Å². The highest BCUT2D eigenvalue weighted by atomic mass is 35.5. The first-order valence-corrected chi connectivity index (χ1v) is 11.8. The fraction of sp³-hybridized carbons (Fsp3) is 0.300. The number of piperazine rings is 1. The number of hydrogen-bond acceptors (Lipinski definition) is 8. The molecular weight excluding hydrogens is 458 g/mol. The number of nitrogens with zero attached hydrogens (tertiary/aromatic N) is 4. The van der Waals surface area contributed by atoms with Crippen LogP contribution in [0.3, 0.4) is 0 Å². The van der Waals surface area contributed by atoms with Crippen molar-refractivity contribution < 1.29 is 14.0 Å². The monoisotopic (exact) mass is 477 g/mol. The lowest BCUT2D eigenvalue weighted by atomic mass is 10.2. The predicted molar refractivity (Wildman–Crippen MR) is 121 cm³/mol. The summed E-state index contributed by atoms with van der Waals surface area (Å²) >= 11 is 8.95. The number of halogens is 1. The summed E-state index contributed by atoms with van der Waals surface area (Å²) in [6.07, 6.45) is 1.57. The van der Waals surface area contributed by atoms with Gasteiger partial charge in [0.25, 0.3) is 5.91 Å². The standard InChI is InChI=1S/C20H20ClN5O3S2/c21-16-6-2-1-5-15(16)18(28)25-7-9-26(10-8-25)19-23-24-20(31-19)30-13-17(27)22-12-14-4-3-11-29-14/h1-6,11H,7-10,12-13H2,(H,22,27). The van der Waals surface area contributed by atoms with Crippen molar-refractivity contribution in [2.24, 2.45) is 0 Å². The molecule has 8 nitrogen and oxygen atoms in total. The molecule has 0 radical (unpaired) electrons. The molecule has 2 aromatic heterocycles. The molecule has 1 saturated heterocycles. The van der Waals surface area contributed by atoms with Gasteiger partial charge in [0.1, 0.15) is 5.76 Å². The van der Waals surface area contributed by atoms with Crippen molar-refractivity contribution in [3.8, 4) is 0 Å². The summed E-state index contributed by atoms with van der Waals surface area (Å²) in [6.45, 7) is 2.87. The van der Waals surface area contributed by atoms with Crippen LogP contribution < -0.4 is 10.2 Å². The van der Waals surface area contributed by atoms with Crippen molar-refractivity contribution in [1.82, 2.24) is 20.4 Å². The second kappa shape index (κ2) is 10.2. The van der Waals surface area contributed by atoms with Gasteiger partial charge < -0.3 is 19.5 Å². The zero-order valence-corrected chi connectivity index (χ0v) is 18.9. The highest BCUT2D eigenvalue weighted by Gasteiger charge is 2.25. The highest BCUT2D eigenvalue weighted by molar-refractivity contribution is 8.01. The van der Waals surface area contributed by atoms with Gasteiger partial charge in [-0.25, -0.2) is 0 Å². The van der Waals surface area contributed by atoms with Gasteiger partial charge in [-0.2, -0.15) is 0 Å². The number of amides is 2. The summed E-state index contributed by atoms with van der Waals surface area (Å²) < 4.78 is 5.93. The summed E-state index contributed by atoms with van der Waals surface area (Å²) in [5, 5.41) is 12.5. The molecule has 0 aliphatic carbocycles. The van der Waals surface area contributed by atoms with Crippen LogP contribution in [0.15, 0.2) is 51.4 Å². The van der Waals surface area contributed by atoms with Crippen LogP contribution in [-0.4, -0.2) is 58.8 Å². The van der Waals surface area contributed by atoms with Crippen LogP contribution in [0.4, 0.5) is 5.13 Å². The van der Waals surface area contributed by atoms with Gasteiger partial charge in [0.15, 0.2) is 4.34 Å². The molecule has 0 atom stereocenters. The Bertz CT molecular complexity index is 1040. The largest absolute Gasteiger partial charge is 0.467 e. The average Bonchev–Trinajstić information content (AvgIpc) is 3.48. The topological polar surface area (TPSA) is 91.6 Å². The zero-order valence-electron chi connectivity index (χ0n) is 16.5. The molecule has 0 saturated carbocycles. The third-order valence-corrected chi connectivity index (χ3v) is 7.15. The van der Waals surface area contributed by atoms with Crippen LogP contribution in [0, 0.1) is 0 Å². The Morgan fingerprint density at radius 3 is 2.68 bits per heavy atom. The third-order valence-electron chi connectivity index (χ3n) is 4.70. The predicted octanol–water partition coefficient (Wildman–Crippen LogP) is 3.16. The highest BCUT2D eigenvalue weighted by Crippen LogP contribution is 2.29. The summed E-state index contributed by atoms with van der Waals surface area (Å²) in [5.41, 5.74) is 0.526. The fourth-order valence-corrected chi connectivity index (χ4v) is 5.01. The van der Waals surface area contributed by atoms with E-state index in [0.717, 1.165) is 9.47 Å². The van der Waals surface area contributed by atoms with E-state index in [9.17, 15) is 9.59 Å². The molecule has 0 bridgehead atoms. The molecule has 1 aromatic carbocycles. The van der Waals surface area contributed by atoms with Crippen LogP contribution in [0.1, 0.15) is 16.1 Å². The molecule has 31 heavy (non-hydrogen) atoms. The number of carbonyl (C=O) groups excluding carboxylic acids is 2. The number of furan rings is 1. The van der Waals surface area contributed by atoms with E-state index >= 15 is 0 Å². The molecule has 3 aromatic rings. The van der Waals surface area contributed by atoms with E-state index < -0.39 is 0 Å². The number of hydrogen-bond donors (Lipinski definition) is 1. The Labute approximate surface area is 192 Å². The smallest absolute Gasteiger partial charge is 0.255 e. The number of benzene rings is 1. The summed E-state index contributed by atoms with van der Waals surface area (Å²) in [6, 6.07) is 10.7. The molecule has 162 valence electrons. The van der Waals surface area contributed by atoms with Gasteiger partial charge in [-0.15, -0.1) is 10.2 Å². The van der Waals surface area contributed by atoms with E-state index in [1.807, 2.05) is 18.2 Å². The quantitative estimate of drug-likeness (QED) is 0.522. The Kier molecular flexibility index (Phi) is 7.10. The number of carbonyl (C=O) groups is 2. The van der Waals surface area contributed by atoms with E-state index in [0.29, 0.717) is 49.1 Å². The van der Waals surface area contributed by atoms with Gasteiger partial charge in [0.2, 0.25) is 11.0 Å². The number of anilines is 1. The zero-order chi connectivity index (χ0) is 21.6. The molecule has 2 amide bonds. The third kappa shape index (κ3) is 5.57. The van der Waals surface area contributed by atoms with Crippen molar-refractivity contribution in [3.63, 3.8) is 0 Å². The fourth-order valence-electron chi connectivity index (χ4n) is 3.07. The van der Waals surface area contributed by atoms with Crippen molar-refractivity contribution in [1.29, 1.82) is 0 Å². The summed E-state index contributed by atoms with van der Waals surface area (Å²) in [5.74, 6) is 0.822. The minimum absolute atomic E-state index is 0.0562. The minimum atomic E-state index is -0.0927. The lowest BCUT2D eigenvalue weighted by Gasteiger charge is -2.34. The van der Waals surface area contributed by atoms with Crippen molar-refractivity contribution >= 4 is 51.6 Å². The van der Waals surface area contributed by atoms with Gasteiger partial charge in [-0.3, -0.25) is 9.59 Å². The number of rotatable bonds is 7. The Morgan fingerprint density at radius 2 is 1.94 bits per heavy atom. The maximum absolute atomic E-state index is 12.7. The Morgan fingerprint density at radius 1 is 1.13 bits per heavy atom. The second-order valence-corrected chi connectivity index (χ2v) is 9.34. The van der Waals surface area contributed by atoms with Gasteiger partial charge in [-0.05, 0) is 24.3 Å². The maximum atomic E-state index is 12.7. The summed E-state index contributed by atoms with van der Waals surface area (Å²) in [7, 11) is 0. The minimum Gasteiger partial charge on any atom is -0.467 e. The molecule has 1 aliphatic rings. The first kappa shape index (κ1) is 21.7. The first-order valence-electron chi connectivity index (χ1n) is 9.64. The molecule has 1 aliphatic heterocycles. The van der Waals surface area contributed by atoms with Crippen LogP contribution in [0.5, 0.6) is 0 Å². The van der Waals surface area contributed by atoms with Gasteiger partial charge in [0, 0.05) is 26.2 Å². The normalized spacial score (nSPS) is 14.0.